The van der Waals surface area contributed by atoms with Gasteiger partial charge in [-0.2, -0.15) is 5.10 Å². The number of aromatic nitrogens is 2. The Morgan fingerprint density at radius 2 is 1.82 bits per heavy atom. The lowest BCUT2D eigenvalue weighted by Crippen LogP contribution is -2.15. The number of aryl methyl sites for hydroxylation is 1. The van der Waals surface area contributed by atoms with Crippen LogP contribution in [0.15, 0.2) is 54.6 Å². The number of fused-ring (bicyclic) bond motifs is 3. The molecule has 0 atom stereocenters. The molecule has 0 aliphatic rings. The quantitative estimate of drug-likeness (QED) is 0.425. The Kier molecular flexibility index (Phi) is 4.41. The largest absolute Gasteiger partial charge is 0.508 e. The van der Waals surface area contributed by atoms with Crippen molar-refractivity contribution in [2.24, 2.45) is 0 Å². The number of nitrogens with one attached hydrogen (secondary N) is 2. The molecule has 4 aromatic rings. The first-order valence-corrected chi connectivity index (χ1v) is 8.74. The normalized spacial score (nSPS) is 11.0. The van der Waals surface area contributed by atoms with E-state index in [2.05, 4.69) is 15.5 Å². The van der Waals surface area contributed by atoms with Gasteiger partial charge in [0.05, 0.1) is 22.5 Å². The van der Waals surface area contributed by atoms with Gasteiger partial charge in [0.15, 0.2) is 0 Å². The SMILES string of the molecule is O=C(CCc1n[nH]c2c1ccc1cc(O)ccc12)Nc1ccccc1C(=O)O. The van der Waals surface area contributed by atoms with Gasteiger partial charge >= 0.3 is 5.97 Å². The average Bonchev–Trinajstić information content (AvgIpc) is 3.09. The first kappa shape index (κ1) is 17.5. The maximum absolute atomic E-state index is 12.3. The molecule has 1 aromatic heterocycles. The van der Waals surface area contributed by atoms with Crippen LogP contribution in [0.3, 0.4) is 0 Å². The molecular weight excluding hydrogens is 358 g/mol. The van der Waals surface area contributed by atoms with Gasteiger partial charge in [-0.25, -0.2) is 4.79 Å². The molecule has 4 rings (SSSR count). The van der Waals surface area contributed by atoms with E-state index in [4.69, 9.17) is 0 Å². The number of carboxylic acid groups (broad SMARTS) is 1. The number of carbonyl (C=O) groups excluding carboxylic acids is 1. The lowest BCUT2D eigenvalue weighted by atomic mass is 10.0. The number of aromatic carboxylic acids is 1. The molecule has 0 saturated heterocycles. The zero-order chi connectivity index (χ0) is 19.7. The summed E-state index contributed by atoms with van der Waals surface area (Å²) in [6, 6.07) is 15.2. The number of benzene rings is 3. The topological polar surface area (TPSA) is 115 Å². The number of H-pyrrole nitrogens is 1. The minimum atomic E-state index is -1.09. The van der Waals surface area contributed by atoms with E-state index < -0.39 is 5.97 Å². The predicted octanol–water partition coefficient (Wildman–Crippen LogP) is 3.69. The van der Waals surface area contributed by atoms with E-state index >= 15 is 0 Å². The van der Waals surface area contributed by atoms with Crippen molar-refractivity contribution < 1.29 is 19.8 Å². The van der Waals surface area contributed by atoms with E-state index in [0.717, 1.165) is 27.4 Å². The minimum Gasteiger partial charge on any atom is -0.508 e. The van der Waals surface area contributed by atoms with E-state index in [1.165, 1.54) is 6.07 Å². The number of phenols is 1. The molecule has 1 heterocycles. The van der Waals surface area contributed by atoms with E-state index in [9.17, 15) is 19.8 Å². The molecule has 0 aliphatic heterocycles. The van der Waals surface area contributed by atoms with Crippen molar-refractivity contribution >= 4 is 39.2 Å². The van der Waals surface area contributed by atoms with Crippen LogP contribution in [-0.2, 0) is 11.2 Å². The molecule has 0 radical (unpaired) electrons. The summed E-state index contributed by atoms with van der Waals surface area (Å²) in [4.78, 5) is 23.5. The number of carboxylic acids is 1. The highest BCUT2D eigenvalue weighted by Gasteiger charge is 2.14. The van der Waals surface area contributed by atoms with Gasteiger partial charge in [0, 0.05) is 23.6 Å². The van der Waals surface area contributed by atoms with Gasteiger partial charge < -0.3 is 15.5 Å². The molecule has 0 bridgehead atoms. The lowest BCUT2D eigenvalue weighted by Gasteiger charge is -2.07. The number of aromatic hydroxyl groups is 1. The molecule has 3 aromatic carbocycles. The third kappa shape index (κ3) is 3.25. The summed E-state index contributed by atoms with van der Waals surface area (Å²) in [6.07, 6.45) is 0.576. The Hall–Kier alpha value is -3.87. The van der Waals surface area contributed by atoms with Crippen molar-refractivity contribution in [2.45, 2.75) is 12.8 Å². The molecule has 0 fully saturated rings. The molecule has 0 saturated carbocycles. The highest BCUT2D eigenvalue weighted by atomic mass is 16.4. The number of hydrogen-bond acceptors (Lipinski definition) is 4. The summed E-state index contributed by atoms with van der Waals surface area (Å²) in [5.74, 6) is -1.17. The second-order valence-corrected chi connectivity index (χ2v) is 6.46. The van der Waals surface area contributed by atoms with Gasteiger partial charge in [-0.1, -0.05) is 24.3 Å². The van der Waals surface area contributed by atoms with Crippen LogP contribution in [0.5, 0.6) is 5.75 Å². The van der Waals surface area contributed by atoms with Crippen LogP contribution in [-0.4, -0.2) is 32.3 Å². The fraction of sp³-hybridized carbons (Fsp3) is 0.0952. The van der Waals surface area contributed by atoms with Crippen molar-refractivity contribution in [3.63, 3.8) is 0 Å². The van der Waals surface area contributed by atoms with Gasteiger partial charge in [-0.15, -0.1) is 0 Å². The maximum Gasteiger partial charge on any atom is 0.337 e. The summed E-state index contributed by atoms with van der Waals surface area (Å²) in [5, 5.41) is 31.6. The Morgan fingerprint density at radius 3 is 2.64 bits per heavy atom. The number of nitrogens with zero attached hydrogens (tertiary/aromatic N) is 1. The number of carbonyl (C=O) groups is 2. The van der Waals surface area contributed by atoms with E-state index in [0.29, 0.717) is 6.42 Å². The second-order valence-electron chi connectivity index (χ2n) is 6.46. The molecule has 28 heavy (non-hydrogen) atoms. The second kappa shape index (κ2) is 7.03. The zero-order valence-corrected chi connectivity index (χ0v) is 14.8. The number of anilines is 1. The smallest absolute Gasteiger partial charge is 0.337 e. The van der Waals surface area contributed by atoms with Crippen molar-refractivity contribution in [1.82, 2.24) is 10.2 Å². The average molecular weight is 375 g/mol. The van der Waals surface area contributed by atoms with Gasteiger partial charge in [-0.05, 0) is 35.7 Å². The van der Waals surface area contributed by atoms with Crippen LogP contribution < -0.4 is 5.32 Å². The fourth-order valence-corrected chi connectivity index (χ4v) is 3.28. The van der Waals surface area contributed by atoms with Crippen LogP contribution in [0.25, 0.3) is 21.7 Å². The third-order valence-electron chi connectivity index (χ3n) is 4.64. The van der Waals surface area contributed by atoms with Gasteiger partial charge in [-0.3, -0.25) is 9.89 Å². The molecule has 140 valence electrons. The number of para-hydroxylation sites is 1. The maximum atomic E-state index is 12.3. The Morgan fingerprint density at radius 1 is 1.04 bits per heavy atom. The monoisotopic (exact) mass is 375 g/mol. The van der Waals surface area contributed by atoms with Crippen LogP contribution in [0, 0.1) is 0 Å². The number of amides is 1. The van der Waals surface area contributed by atoms with Gasteiger partial charge in [0.2, 0.25) is 5.91 Å². The first-order valence-electron chi connectivity index (χ1n) is 8.74. The van der Waals surface area contributed by atoms with Crippen molar-refractivity contribution in [3.8, 4) is 5.75 Å². The van der Waals surface area contributed by atoms with Crippen molar-refractivity contribution in [1.29, 1.82) is 0 Å². The van der Waals surface area contributed by atoms with Crippen LogP contribution >= 0.6 is 0 Å². The standard InChI is InChI=1S/C21H17N3O4/c25-13-6-8-14-12(11-13)5-7-15-18(23-24-20(14)15)9-10-19(26)22-17-4-2-1-3-16(17)21(27)28/h1-8,11,25H,9-10H2,(H,22,26)(H,23,24)(H,27,28). The minimum absolute atomic E-state index is 0.0517. The highest BCUT2D eigenvalue weighted by Crippen LogP contribution is 2.28. The first-order chi connectivity index (χ1) is 13.5. The van der Waals surface area contributed by atoms with Crippen LogP contribution in [0.1, 0.15) is 22.5 Å². The number of phenolic OH excluding ortho intramolecular Hbond substituents is 1. The third-order valence-corrected chi connectivity index (χ3v) is 4.64. The number of rotatable bonds is 5. The Labute approximate surface area is 159 Å². The summed E-state index contributed by atoms with van der Waals surface area (Å²) < 4.78 is 0. The number of hydrogen-bond donors (Lipinski definition) is 4. The van der Waals surface area contributed by atoms with Crippen molar-refractivity contribution in [2.75, 3.05) is 5.32 Å². The van der Waals surface area contributed by atoms with E-state index in [1.54, 1.807) is 30.3 Å². The molecule has 0 unspecified atom stereocenters. The summed E-state index contributed by atoms with van der Waals surface area (Å²) in [6.45, 7) is 0. The Balaban J connectivity index is 1.52. The Bertz CT molecular complexity index is 1210. The summed E-state index contributed by atoms with van der Waals surface area (Å²) in [7, 11) is 0. The predicted molar refractivity (Wildman–Crippen MR) is 106 cm³/mol. The summed E-state index contributed by atoms with van der Waals surface area (Å²) in [5.41, 5.74) is 1.93. The molecule has 4 N–H and O–H groups in total. The van der Waals surface area contributed by atoms with Crippen LogP contribution in [0.4, 0.5) is 5.69 Å². The molecule has 7 heteroatoms. The van der Waals surface area contributed by atoms with Crippen LogP contribution in [0.2, 0.25) is 0 Å². The molecule has 0 spiro atoms. The van der Waals surface area contributed by atoms with E-state index in [-0.39, 0.29) is 29.3 Å². The number of aromatic amines is 1. The molecule has 0 aliphatic carbocycles. The molecule has 1 amide bonds. The zero-order valence-electron chi connectivity index (χ0n) is 14.8. The molecule has 7 nitrogen and oxygen atoms in total. The summed E-state index contributed by atoms with van der Waals surface area (Å²) >= 11 is 0. The van der Waals surface area contributed by atoms with Gasteiger partial charge in [0.25, 0.3) is 0 Å². The van der Waals surface area contributed by atoms with Gasteiger partial charge in [0.1, 0.15) is 5.75 Å². The lowest BCUT2D eigenvalue weighted by molar-refractivity contribution is -0.116. The van der Waals surface area contributed by atoms with E-state index in [1.807, 2.05) is 18.2 Å². The fourth-order valence-electron chi connectivity index (χ4n) is 3.28. The highest BCUT2D eigenvalue weighted by molar-refractivity contribution is 6.06. The molecular formula is C21H17N3O4. The van der Waals surface area contributed by atoms with Crippen molar-refractivity contribution in [3.05, 3.63) is 65.9 Å².